The molecular formula is C10H19NO. The molecule has 12 heavy (non-hydrogen) atoms. The van der Waals surface area contributed by atoms with E-state index in [1.807, 2.05) is 0 Å². The molecular weight excluding hydrogens is 150 g/mol. The van der Waals surface area contributed by atoms with Gasteiger partial charge in [0.15, 0.2) is 0 Å². The molecule has 0 unspecified atom stereocenters. The standard InChI is InChI=1S/C10H19NO/c1-8(2)3-4-11-7-9-5-10(12)6-9/h9-12H,1,3-7H2,2H3. The number of aliphatic hydroxyl groups excluding tert-OH is 1. The first kappa shape index (κ1) is 9.75. The zero-order valence-corrected chi connectivity index (χ0v) is 7.84. The minimum atomic E-state index is -0.0158. The second-order valence-electron chi connectivity index (χ2n) is 3.90. The highest BCUT2D eigenvalue weighted by Crippen LogP contribution is 2.25. The summed E-state index contributed by atoms with van der Waals surface area (Å²) in [4.78, 5) is 0. The van der Waals surface area contributed by atoms with Crippen LogP contribution in [0.25, 0.3) is 0 Å². The number of hydrogen-bond acceptors (Lipinski definition) is 2. The van der Waals surface area contributed by atoms with Crippen molar-refractivity contribution in [2.75, 3.05) is 13.1 Å². The van der Waals surface area contributed by atoms with Crippen LogP contribution in [0.3, 0.4) is 0 Å². The smallest absolute Gasteiger partial charge is 0.0546 e. The van der Waals surface area contributed by atoms with Crippen molar-refractivity contribution in [2.45, 2.75) is 32.3 Å². The van der Waals surface area contributed by atoms with Gasteiger partial charge in [-0.2, -0.15) is 0 Å². The predicted octanol–water partition coefficient (Wildman–Crippen LogP) is 1.31. The van der Waals surface area contributed by atoms with Crippen molar-refractivity contribution in [3.63, 3.8) is 0 Å². The lowest BCUT2D eigenvalue weighted by Crippen LogP contribution is -2.36. The first-order chi connectivity index (χ1) is 5.68. The topological polar surface area (TPSA) is 32.3 Å². The van der Waals surface area contributed by atoms with Gasteiger partial charge in [0, 0.05) is 0 Å². The van der Waals surface area contributed by atoms with E-state index in [1.165, 1.54) is 5.57 Å². The molecule has 2 heteroatoms. The third kappa shape index (κ3) is 3.37. The molecule has 1 aliphatic carbocycles. The van der Waals surface area contributed by atoms with Crippen LogP contribution >= 0.6 is 0 Å². The van der Waals surface area contributed by atoms with E-state index < -0.39 is 0 Å². The summed E-state index contributed by atoms with van der Waals surface area (Å²) in [5.74, 6) is 0.713. The summed E-state index contributed by atoms with van der Waals surface area (Å²) >= 11 is 0. The highest BCUT2D eigenvalue weighted by molar-refractivity contribution is 4.88. The van der Waals surface area contributed by atoms with Gasteiger partial charge >= 0.3 is 0 Å². The van der Waals surface area contributed by atoms with Crippen molar-refractivity contribution in [1.29, 1.82) is 0 Å². The van der Waals surface area contributed by atoms with E-state index in [-0.39, 0.29) is 6.10 Å². The van der Waals surface area contributed by atoms with E-state index >= 15 is 0 Å². The first-order valence-corrected chi connectivity index (χ1v) is 4.71. The molecule has 0 spiro atoms. The average Bonchev–Trinajstić information content (AvgIpc) is 1.93. The number of aliphatic hydroxyl groups is 1. The monoisotopic (exact) mass is 169 g/mol. The van der Waals surface area contributed by atoms with Gasteiger partial charge in [-0.25, -0.2) is 0 Å². The van der Waals surface area contributed by atoms with Gasteiger partial charge in [0.25, 0.3) is 0 Å². The summed E-state index contributed by atoms with van der Waals surface area (Å²) in [5, 5.41) is 12.4. The van der Waals surface area contributed by atoms with Crippen LogP contribution in [0.5, 0.6) is 0 Å². The van der Waals surface area contributed by atoms with Gasteiger partial charge in [-0.3, -0.25) is 0 Å². The van der Waals surface area contributed by atoms with Crippen molar-refractivity contribution in [1.82, 2.24) is 5.32 Å². The molecule has 0 atom stereocenters. The van der Waals surface area contributed by atoms with Crippen molar-refractivity contribution in [3.8, 4) is 0 Å². The molecule has 70 valence electrons. The van der Waals surface area contributed by atoms with E-state index in [1.54, 1.807) is 0 Å². The largest absolute Gasteiger partial charge is 0.393 e. The second-order valence-corrected chi connectivity index (χ2v) is 3.90. The summed E-state index contributed by atoms with van der Waals surface area (Å²) in [6.07, 6.45) is 3.02. The summed E-state index contributed by atoms with van der Waals surface area (Å²) < 4.78 is 0. The Morgan fingerprint density at radius 1 is 1.58 bits per heavy atom. The van der Waals surface area contributed by atoms with Gasteiger partial charge in [-0.1, -0.05) is 5.57 Å². The maximum atomic E-state index is 9.02. The van der Waals surface area contributed by atoms with Crippen molar-refractivity contribution in [3.05, 3.63) is 12.2 Å². The molecule has 0 aromatic rings. The minimum Gasteiger partial charge on any atom is -0.393 e. The summed E-state index contributed by atoms with van der Waals surface area (Å²) in [7, 11) is 0. The molecule has 1 saturated carbocycles. The fraction of sp³-hybridized carbons (Fsp3) is 0.800. The van der Waals surface area contributed by atoms with Gasteiger partial charge in [0.05, 0.1) is 6.10 Å². The zero-order chi connectivity index (χ0) is 8.97. The lowest BCUT2D eigenvalue weighted by molar-refractivity contribution is 0.0432. The molecule has 0 amide bonds. The van der Waals surface area contributed by atoms with Crippen molar-refractivity contribution >= 4 is 0 Å². The number of nitrogens with one attached hydrogen (secondary N) is 1. The third-order valence-electron chi connectivity index (χ3n) is 2.37. The minimum absolute atomic E-state index is 0.0158. The number of rotatable bonds is 5. The molecule has 1 fully saturated rings. The highest BCUT2D eigenvalue weighted by Gasteiger charge is 2.26. The molecule has 0 bridgehead atoms. The van der Waals surface area contributed by atoms with Crippen LogP contribution in [0.15, 0.2) is 12.2 Å². The normalized spacial score (nSPS) is 28.2. The fourth-order valence-electron chi connectivity index (χ4n) is 1.48. The van der Waals surface area contributed by atoms with Gasteiger partial charge in [-0.05, 0) is 45.2 Å². The predicted molar refractivity (Wildman–Crippen MR) is 51.0 cm³/mol. The van der Waals surface area contributed by atoms with Gasteiger partial charge < -0.3 is 10.4 Å². The van der Waals surface area contributed by atoms with Crippen LogP contribution in [0.4, 0.5) is 0 Å². The van der Waals surface area contributed by atoms with Crippen molar-refractivity contribution in [2.24, 2.45) is 5.92 Å². The summed E-state index contributed by atoms with van der Waals surface area (Å²) in [5.41, 5.74) is 1.23. The molecule has 0 heterocycles. The van der Waals surface area contributed by atoms with E-state index in [4.69, 9.17) is 5.11 Å². The Labute approximate surface area is 74.7 Å². The van der Waals surface area contributed by atoms with Crippen molar-refractivity contribution < 1.29 is 5.11 Å². The second kappa shape index (κ2) is 4.63. The Morgan fingerprint density at radius 3 is 2.75 bits per heavy atom. The quantitative estimate of drug-likeness (QED) is 0.480. The Hall–Kier alpha value is -0.340. The zero-order valence-electron chi connectivity index (χ0n) is 7.84. The summed E-state index contributed by atoms with van der Waals surface area (Å²) in [6, 6.07) is 0. The van der Waals surface area contributed by atoms with Crippen LogP contribution in [0, 0.1) is 5.92 Å². The van der Waals surface area contributed by atoms with E-state index in [0.717, 1.165) is 32.4 Å². The van der Waals surface area contributed by atoms with E-state index in [9.17, 15) is 0 Å². The Balaban J connectivity index is 1.87. The molecule has 1 aliphatic rings. The Morgan fingerprint density at radius 2 is 2.25 bits per heavy atom. The van der Waals surface area contributed by atoms with Gasteiger partial charge in [0.2, 0.25) is 0 Å². The molecule has 0 aromatic heterocycles. The molecule has 0 aromatic carbocycles. The molecule has 0 saturated heterocycles. The highest BCUT2D eigenvalue weighted by atomic mass is 16.3. The molecule has 0 aliphatic heterocycles. The van der Waals surface area contributed by atoms with E-state index in [2.05, 4.69) is 18.8 Å². The third-order valence-corrected chi connectivity index (χ3v) is 2.37. The first-order valence-electron chi connectivity index (χ1n) is 4.71. The number of hydrogen-bond donors (Lipinski definition) is 2. The van der Waals surface area contributed by atoms with Crippen LogP contribution in [0.2, 0.25) is 0 Å². The van der Waals surface area contributed by atoms with Crippen LogP contribution in [0.1, 0.15) is 26.2 Å². The fourth-order valence-corrected chi connectivity index (χ4v) is 1.48. The Kier molecular flexibility index (Phi) is 3.76. The lowest BCUT2D eigenvalue weighted by atomic mass is 9.82. The van der Waals surface area contributed by atoms with Crippen LogP contribution < -0.4 is 5.32 Å². The molecule has 0 radical (unpaired) electrons. The van der Waals surface area contributed by atoms with E-state index in [0.29, 0.717) is 5.92 Å². The van der Waals surface area contributed by atoms with Gasteiger partial charge in [-0.15, -0.1) is 6.58 Å². The summed E-state index contributed by atoms with van der Waals surface area (Å²) in [6.45, 7) is 7.98. The molecule has 2 nitrogen and oxygen atoms in total. The van der Waals surface area contributed by atoms with Crippen LogP contribution in [-0.2, 0) is 0 Å². The maximum absolute atomic E-state index is 9.02. The van der Waals surface area contributed by atoms with Gasteiger partial charge in [0.1, 0.15) is 0 Å². The lowest BCUT2D eigenvalue weighted by Gasteiger charge is -2.31. The molecule has 2 N–H and O–H groups in total. The SMILES string of the molecule is C=C(C)CCNCC1CC(O)C1. The maximum Gasteiger partial charge on any atom is 0.0546 e. The molecule has 1 rings (SSSR count). The van der Waals surface area contributed by atoms with Crippen LogP contribution in [-0.4, -0.2) is 24.3 Å². The average molecular weight is 169 g/mol. The Bertz CT molecular complexity index is 150.